The van der Waals surface area contributed by atoms with Crippen LogP contribution in [0.5, 0.6) is 0 Å². The van der Waals surface area contributed by atoms with Gasteiger partial charge in [-0.3, -0.25) is 0 Å². The maximum Gasteiger partial charge on any atom is 0.227 e. The van der Waals surface area contributed by atoms with Crippen LogP contribution in [0, 0.1) is 0 Å². The molecular formula is C46H26N4O3. The number of hydrogen-bond acceptors (Lipinski definition) is 7. The van der Waals surface area contributed by atoms with E-state index in [1.165, 1.54) is 0 Å². The molecule has 11 aromatic rings. The van der Waals surface area contributed by atoms with E-state index in [2.05, 4.69) is 24.3 Å². The Morgan fingerprint density at radius 3 is 1.55 bits per heavy atom. The van der Waals surface area contributed by atoms with E-state index in [1.807, 2.05) is 133 Å². The number of nitrogens with zero attached hydrogens (tertiary/aromatic N) is 4. The molecule has 11 rings (SSSR count). The number of aromatic nitrogens is 4. The Morgan fingerprint density at radius 1 is 0.358 bits per heavy atom. The summed E-state index contributed by atoms with van der Waals surface area (Å²) < 4.78 is 19.8. The number of para-hydroxylation sites is 2. The normalized spacial score (nSPS) is 11.8. The highest BCUT2D eigenvalue weighted by Gasteiger charge is 2.26. The second kappa shape index (κ2) is 11.6. The van der Waals surface area contributed by atoms with Crippen molar-refractivity contribution in [1.29, 1.82) is 0 Å². The van der Waals surface area contributed by atoms with E-state index in [0.717, 1.165) is 71.6 Å². The van der Waals surface area contributed by atoms with E-state index < -0.39 is 0 Å². The van der Waals surface area contributed by atoms with Crippen molar-refractivity contribution >= 4 is 55.0 Å². The summed E-state index contributed by atoms with van der Waals surface area (Å²) in [4.78, 5) is 20.3. The monoisotopic (exact) mass is 682 g/mol. The fourth-order valence-corrected chi connectivity index (χ4v) is 7.38. The Labute approximate surface area is 301 Å². The van der Waals surface area contributed by atoms with Crippen molar-refractivity contribution in [1.82, 2.24) is 19.9 Å². The summed E-state index contributed by atoms with van der Waals surface area (Å²) in [5.74, 6) is 2.26. The van der Waals surface area contributed by atoms with Gasteiger partial charge in [-0.1, -0.05) is 115 Å². The first-order valence-corrected chi connectivity index (χ1v) is 17.4. The maximum absolute atomic E-state index is 6.85. The molecule has 0 atom stereocenters. The molecule has 0 N–H and O–H groups in total. The van der Waals surface area contributed by atoms with Gasteiger partial charge >= 0.3 is 0 Å². The van der Waals surface area contributed by atoms with Crippen LogP contribution in [0.15, 0.2) is 171 Å². The Hall–Kier alpha value is -7.38. The molecule has 0 saturated carbocycles. The number of rotatable bonds is 5. The first-order valence-electron chi connectivity index (χ1n) is 17.4. The first kappa shape index (κ1) is 29.4. The quantitative estimate of drug-likeness (QED) is 0.178. The molecule has 248 valence electrons. The van der Waals surface area contributed by atoms with Crippen LogP contribution < -0.4 is 0 Å². The molecule has 0 bridgehead atoms. The van der Waals surface area contributed by atoms with Crippen molar-refractivity contribution in [2.24, 2.45) is 0 Å². The third kappa shape index (κ3) is 4.68. The van der Waals surface area contributed by atoms with Crippen molar-refractivity contribution in [3.8, 4) is 56.7 Å². The number of furan rings is 2. The van der Waals surface area contributed by atoms with E-state index in [4.69, 9.17) is 33.2 Å². The molecule has 0 aliphatic rings. The summed E-state index contributed by atoms with van der Waals surface area (Å²) in [5.41, 5.74) is 9.52. The van der Waals surface area contributed by atoms with E-state index in [-0.39, 0.29) is 0 Å². The second-order valence-electron chi connectivity index (χ2n) is 13.0. The zero-order valence-electron chi connectivity index (χ0n) is 28.0. The van der Waals surface area contributed by atoms with Gasteiger partial charge in [0.1, 0.15) is 27.8 Å². The molecule has 0 unspecified atom stereocenters. The molecule has 4 heterocycles. The van der Waals surface area contributed by atoms with Gasteiger partial charge in [0.05, 0.1) is 0 Å². The summed E-state index contributed by atoms with van der Waals surface area (Å²) in [5, 5.41) is 3.77. The van der Waals surface area contributed by atoms with Crippen molar-refractivity contribution in [3.63, 3.8) is 0 Å². The number of oxazole rings is 1. The molecule has 7 heteroatoms. The molecule has 7 aromatic carbocycles. The average molecular weight is 683 g/mol. The van der Waals surface area contributed by atoms with Gasteiger partial charge in [0.25, 0.3) is 0 Å². The molecule has 0 fully saturated rings. The van der Waals surface area contributed by atoms with Crippen LogP contribution in [0.2, 0.25) is 0 Å². The SMILES string of the molecule is c1ccc(-c2nc(-c3ccccc3)nc(-c3ccc(-c4c5nc(-c6ccccc6)oc5cc5oc6ccccc6c45)c4oc5ccccc5c34)n2)cc1. The molecule has 0 spiro atoms. The molecule has 53 heavy (non-hydrogen) atoms. The van der Waals surface area contributed by atoms with Crippen molar-refractivity contribution in [3.05, 3.63) is 158 Å². The highest BCUT2D eigenvalue weighted by molar-refractivity contribution is 6.24. The fourth-order valence-electron chi connectivity index (χ4n) is 7.38. The molecule has 0 aliphatic heterocycles. The summed E-state index contributed by atoms with van der Waals surface area (Å²) in [6.45, 7) is 0. The average Bonchev–Trinajstić information content (AvgIpc) is 3.94. The molecule has 0 aliphatic carbocycles. The van der Waals surface area contributed by atoms with Crippen LogP contribution in [0.25, 0.3) is 112 Å². The summed E-state index contributed by atoms with van der Waals surface area (Å²) in [7, 11) is 0. The van der Waals surface area contributed by atoms with Crippen LogP contribution in [-0.4, -0.2) is 19.9 Å². The van der Waals surface area contributed by atoms with Gasteiger partial charge in [-0.2, -0.15) is 0 Å². The lowest BCUT2D eigenvalue weighted by Crippen LogP contribution is -2.00. The minimum absolute atomic E-state index is 0.531. The van der Waals surface area contributed by atoms with Crippen LogP contribution in [0.3, 0.4) is 0 Å². The molecular weight excluding hydrogens is 657 g/mol. The summed E-state index contributed by atoms with van der Waals surface area (Å²) in [6, 6.07) is 52.2. The van der Waals surface area contributed by atoms with Crippen LogP contribution in [0.4, 0.5) is 0 Å². The summed E-state index contributed by atoms with van der Waals surface area (Å²) >= 11 is 0. The molecule has 0 amide bonds. The Kier molecular flexibility index (Phi) is 6.42. The smallest absolute Gasteiger partial charge is 0.227 e. The lowest BCUT2D eigenvalue weighted by molar-refractivity contribution is 0.617. The zero-order chi connectivity index (χ0) is 34.9. The molecule has 4 aromatic heterocycles. The van der Waals surface area contributed by atoms with Gasteiger partial charge in [0.2, 0.25) is 5.89 Å². The van der Waals surface area contributed by atoms with Gasteiger partial charge in [-0.15, -0.1) is 0 Å². The van der Waals surface area contributed by atoms with E-state index in [1.54, 1.807) is 0 Å². The van der Waals surface area contributed by atoms with Gasteiger partial charge < -0.3 is 13.3 Å². The van der Waals surface area contributed by atoms with Gasteiger partial charge in [0, 0.05) is 61.0 Å². The van der Waals surface area contributed by atoms with Crippen LogP contribution in [-0.2, 0) is 0 Å². The predicted octanol–water partition coefficient (Wildman–Crippen LogP) is 12.1. The number of benzene rings is 7. The van der Waals surface area contributed by atoms with Crippen LogP contribution in [0.1, 0.15) is 0 Å². The lowest BCUT2D eigenvalue weighted by Gasteiger charge is -2.11. The number of hydrogen-bond donors (Lipinski definition) is 0. The minimum atomic E-state index is 0.531. The van der Waals surface area contributed by atoms with E-state index >= 15 is 0 Å². The predicted molar refractivity (Wildman–Crippen MR) is 209 cm³/mol. The van der Waals surface area contributed by atoms with Crippen molar-refractivity contribution in [2.75, 3.05) is 0 Å². The molecule has 0 saturated heterocycles. The van der Waals surface area contributed by atoms with Crippen molar-refractivity contribution in [2.45, 2.75) is 0 Å². The fraction of sp³-hybridized carbons (Fsp3) is 0. The van der Waals surface area contributed by atoms with Crippen LogP contribution >= 0.6 is 0 Å². The van der Waals surface area contributed by atoms with Gasteiger partial charge in [-0.25, -0.2) is 19.9 Å². The topological polar surface area (TPSA) is 91.0 Å². The standard InChI is InChI=1S/C46H26N4O3/c1-4-14-27(15-5-1)43-48-44(28-16-6-2-7-17-28)50-45(49-43)33-25-24-32(42-38(33)30-20-10-13-23-35(30)52-42)40-39-31-21-11-12-22-34(31)51-36(39)26-37-41(40)47-46(53-37)29-18-8-3-9-19-29/h1-26H. The van der Waals surface area contributed by atoms with Crippen molar-refractivity contribution < 1.29 is 13.3 Å². The van der Waals surface area contributed by atoms with Gasteiger partial charge in [-0.05, 0) is 36.4 Å². The Balaban J connectivity index is 1.24. The first-order chi connectivity index (χ1) is 26.3. The largest absolute Gasteiger partial charge is 0.456 e. The van der Waals surface area contributed by atoms with E-state index in [0.29, 0.717) is 40.1 Å². The maximum atomic E-state index is 6.85. The van der Waals surface area contributed by atoms with E-state index in [9.17, 15) is 0 Å². The third-order valence-corrected chi connectivity index (χ3v) is 9.78. The second-order valence-corrected chi connectivity index (χ2v) is 13.0. The molecule has 0 radical (unpaired) electrons. The zero-order valence-corrected chi connectivity index (χ0v) is 28.0. The highest BCUT2D eigenvalue weighted by atomic mass is 16.4. The highest BCUT2D eigenvalue weighted by Crippen LogP contribution is 2.48. The molecule has 7 nitrogen and oxygen atoms in total. The summed E-state index contributed by atoms with van der Waals surface area (Å²) in [6.07, 6.45) is 0. The lowest BCUT2D eigenvalue weighted by atomic mass is 9.94. The third-order valence-electron chi connectivity index (χ3n) is 9.78. The minimum Gasteiger partial charge on any atom is -0.456 e. The van der Waals surface area contributed by atoms with Gasteiger partial charge in [0.15, 0.2) is 23.1 Å². The Bertz CT molecular complexity index is 3110. The Morgan fingerprint density at radius 2 is 0.887 bits per heavy atom. The number of fused-ring (bicyclic) bond motifs is 7.